The molecule has 2 rings (SSSR count). The van der Waals surface area contributed by atoms with Crippen molar-refractivity contribution >= 4 is 0 Å². The highest BCUT2D eigenvalue weighted by molar-refractivity contribution is 5.28. The third kappa shape index (κ3) is 3.53. The molecule has 1 aromatic carbocycles. The predicted molar refractivity (Wildman–Crippen MR) is 77.7 cm³/mol. The fourth-order valence-corrected chi connectivity index (χ4v) is 2.36. The molecule has 0 saturated heterocycles. The molecular formula is C16H21FN2O. The fourth-order valence-electron chi connectivity index (χ4n) is 2.36. The van der Waals surface area contributed by atoms with Crippen molar-refractivity contribution in [1.29, 1.82) is 0 Å². The van der Waals surface area contributed by atoms with E-state index in [1.807, 2.05) is 0 Å². The van der Waals surface area contributed by atoms with E-state index in [4.69, 9.17) is 16.2 Å². The summed E-state index contributed by atoms with van der Waals surface area (Å²) in [5.41, 5.74) is 14.3. The van der Waals surface area contributed by atoms with Crippen molar-refractivity contribution in [3.8, 4) is 0 Å². The van der Waals surface area contributed by atoms with Crippen LogP contribution in [0.1, 0.15) is 31.7 Å². The second-order valence-corrected chi connectivity index (χ2v) is 5.20. The van der Waals surface area contributed by atoms with Crippen molar-refractivity contribution in [2.45, 2.75) is 32.8 Å². The average Bonchev–Trinajstić information content (AvgIpc) is 2.43. The van der Waals surface area contributed by atoms with Crippen LogP contribution in [0.3, 0.4) is 0 Å². The number of hydrogen-bond acceptors (Lipinski definition) is 3. The first kappa shape index (κ1) is 14.4. The van der Waals surface area contributed by atoms with Crippen LogP contribution in [0.4, 0.5) is 4.39 Å². The molecule has 0 radical (unpaired) electrons. The van der Waals surface area contributed by atoms with Gasteiger partial charge in [0.1, 0.15) is 12.4 Å². The molecule has 108 valence electrons. The van der Waals surface area contributed by atoms with Gasteiger partial charge >= 0.3 is 0 Å². The standard InChI is InChI=1S/C16H21FN2O/c1-11-5-4-7-12(16(11)19)9-15(18)20-10-13-6-2-3-8-14(13)17/h2-3,6,8-9,11H,4-5,7,10,18-19H2,1H3/b15-9+. The van der Waals surface area contributed by atoms with E-state index in [1.165, 1.54) is 6.07 Å². The number of halogens is 1. The summed E-state index contributed by atoms with van der Waals surface area (Å²) in [6.45, 7) is 2.23. The van der Waals surface area contributed by atoms with Crippen molar-refractivity contribution in [3.63, 3.8) is 0 Å². The van der Waals surface area contributed by atoms with Gasteiger partial charge in [-0.2, -0.15) is 0 Å². The van der Waals surface area contributed by atoms with Crippen molar-refractivity contribution in [2.75, 3.05) is 0 Å². The molecule has 0 heterocycles. The zero-order chi connectivity index (χ0) is 14.5. The van der Waals surface area contributed by atoms with Gasteiger partial charge in [0.25, 0.3) is 0 Å². The highest BCUT2D eigenvalue weighted by atomic mass is 19.1. The van der Waals surface area contributed by atoms with Crippen LogP contribution in [-0.4, -0.2) is 0 Å². The van der Waals surface area contributed by atoms with E-state index in [0.29, 0.717) is 11.5 Å². The molecule has 1 atom stereocenters. The van der Waals surface area contributed by atoms with E-state index in [9.17, 15) is 4.39 Å². The molecule has 20 heavy (non-hydrogen) atoms. The SMILES string of the molecule is CC1CCCC(/C=C(\N)OCc2ccccc2F)=C1N. The Morgan fingerprint density at radius 2 is 2.20 bits per heavy atom. The third-order valence-electron chi connectivity index (χ3n) is 3.65. The fraction of sp³-hybridized carbons (Fsp3) is 0.375. The van der Waals surface area contributed by atoms with Crippen molar-refractivity contribution in [3.05, 3.63) is 58.9 Å². The van der Waals surface area contributed by atoms with E-state index >= 15 is 0 Å². The van der Waals surface area contributed by atoms with Gasteiger partial charge < -0.3 is 16.2 Å². The number of allylic oxidation sites excluding steroid dienone is 3. The number of benzene rings is 1. The minimum atomic E-state index is -0.287. The molecule has 1 aliphatic carbocycles. The molecule has 0 aliphatic heterocycles. The molecule has 4 heteroatoms. The molecular weight excluding hydrogens is 255 g/mol. The maximum Gasteiger partial charge on any atom is 0.184 e. The van der Waals surface area contributed by atoms with Gasteiger partial charge in [0.05, 0.1) is 0 Å². The molecule has 0 fully saturated rings. The van der Waals surface area contributed by atoms with Gasteiger partial charge in [0.2, 0.25) is 0 Å². The maximum absolute atomic E-state index is 13.4. The third-order valence-corrected chi connectivity index (χ3v) is 3.65. The Kier molecular flexibility index (Phi) is 4.66. The Morgan fingerprint density at radius 1 is 1.45 bits per heavy atom. The highest BCUT2D eigenvalue weighted by Gasteiger charge is 2.16. The summed E-state index contributed by atoms with van der Waals surface area (Å²) in [5, 5.41) is 0. The number of nitrogens with two attached hydrogens (primary N) is 2. The lowest BCUT2D eigenvalue weighted by Gasteiger charge is -2.21. The summed E-state index contributed by atoms with van der Waals surface area (Å²) < 4.78 is 18.8. The van der Waals surface area contributed by atoms with E-state index in [1.54, 1.807) is 24.3 Å². The van der Waals surface area contributed by atoms with Gasteiger partial charge in [0, 0.05) is 17.3 Å². The van der Waals surface area contributed by atoms with Gasteiger partial charge in [0.15, 0.2) is 5.88 Å². The normalized spacial score (nSPS) is 20.1. The number of rotatable bonds is 4. The Hall–Kier alpha value is -1.97. The summed E-state index contributed by atoms with van der Waals surface area (Å²) in [6, 6.07) is 6.50. The molecule has 0 bridgehead atoms. The Bertz CT molecular complexity index is 537. The van der Waals surface area contributed by atoms with E-state index in [-0.39, 0.29) is 18.3 Å². The Balaban J connectivity index is 2.01. The summed E-state index contributed by atoms with van der Waals surface area (Å²) >= 11 is 0. The zero-order valence-electron chi connectivity index (χ0n) is 11.7. The lowest BCUT2D eigenvalue weighted by atomic mass is 9.88. The molecule has 0 spiro atoms. The summed E-state index contributed by atoms with van der Waals surface area (Å²) in [6.07, 6.45) is 4.90. The number of ether oxygens (including phenoxy) is 1. The van der Waals surface area contributed by atoms with E-state index in [0.717, 1.165) is 30.5 Å². The van der Waals surface area contributed by atoms with Gasteiger partial charge in [-0.05, 0) is 36.8 Å². The monoisotopic (exact) mass is 276 g/mol. The summed E-state index contributed by atoms with van der Waals surface area (Å²) in [5.74, 6) is 0.375. The van der Waals surface area contributed by atoms with Crippen LogP contribution in [-0.2, 0) is 11.3 Å². The van der Waals surface area contributed by atoms with Crippen LogP contribution in [0.15, 0.2) is 47.5 Å². The lowest BCUT2D eigenvalue weighted by Crippen LogP contribution is -2.16. The molecule has 0 aromatic heterocycles. The number of hydrogen-bond donors (Lipinski definition) is 2. The molecule has 1 aliphatic rings. The van der Waals surface area contributed by atoms with Crippen LogP contribution in [0.2, 0.25) is 0 Å². The first-order valence-electron chi connectivity index (χ1n) is 6.90. The average molecular weight is 276 g/mol. The van der Waals surface area contributed by atoms with Crippen LogP contribution in [0.5, 0.6) is 0 Å². The molecule has 0 saturated carbocycles. The smallest absolute Gasteiger partial charge is 0.184 e. The van der Waals surface area contributed by atoms with Gasteiger partial charge in [-0.25, -0.2) is 4.39 Å². The molecule has 3 nitrogen and oxygen atoms in total. The second-order valence-electron chi connectivity index (χ2n) is 5.20. The maximum atomic E-state index is 13.4. The first-order valence-corrected chi connectivity index (χ1v) is 6.90. The topological polar surface area (TPSA) is 61.3 Å². The molecule has 1 aromatic rings. The summed E-state index contributed by atoms with van der Waals surface area (Å²) in [7, 11) is 0. The first-order chi connectivity index (χ1) is 9.58. The van der Waals surface area contributed by atoms with Gasteiger partial charge in [-0.1, -0.05) is 25.1 Å². The Morgan fingerprint density at radius 3 is 2.95 bits per heavy atom. The zero-order valence-corrected chi connectivity index (χ0v) is 11.7. The van der Waals surface area contributed by atoms with Crippen molar-refractivity contribution in [2.24, 2.45) is 17.4 Å². The Labute approximate surface area is 119 Å². The summed E-state index contributed by atoms with van der Waals surface area (Å²) in [4.78, 5) is 0. The van der Waals surface area contributed by atoms with E-state index in [2.05, 4.69) is 6.92 Å². The van der Waals surface area contributed by atoms with Crippen LogP contribution >= 0.6 is 0 Å². The minimum absolute atomic E-state index is 0.123. The quantitative estimate of drug-likeness (QED) is 0.830. The van der Waals surface area contributed by atoms with E-state index < -0.39 is 0 Å². The second kappa shape index (κ2) is 6.46. The predicted octanol–water partition coefficient (Wildman–Crippen LogP) is 3.18. The van der Waals surface area contributed by atoms with Crippen LogP contribution < -0.4 is 11.5 Å². The van der Waals surface area contributed by atoms with Crippen molar-refractivity contribution < 1.29 is 9.13 Å². The molecule has 4 N–H and O–H groups in total. The highest BCUT2D eigenvalue weighted by Crippen LogP contribution is 2.27. The van der Waals surface area contributed by atoms with Gasteiger partial charge in [-0.15, -0.1) is 0 Å². The molecule has 1 unspecified atom stereocenters. The lowest BCUT2D eigenvalue weighted by molar-refractivity contribution is 0.192. The molecule has 0 amide bonds. The van der Waals surface area contributed by atoms with Gasteiger partial charge in [-0.3, -0.25) is 0 Å². The van der Waals surface area contributed by atoms with Crippen molar-refractivity contribution in [1.82, 2.24) is 0 Å². The van der Waals surface area contributed by atoms with Crippen LogP contribution in [0, 0.1) is 11.7 Å². The minimum Gasteiger partial charge on any atom is -0.474 e. The largest absolute Gasteiger partial charge is 0.474 e. The van der Waals surface area contributed by atoms with Crippen LogP contribution in [0.25, 0.3) is 0 Å².